The average Bonchev–Trinajstić information content (AvgIpc) is 2.36. The third-order valence-electron chi connectivity index (χ3n) is 3.80. The summed E-state index contributed by atoms with van der Waals surface area (Å²) in [7, 11) is 0. The third kappa shape index (κ3) is 3.40. The highest BCUT2D eigenvalue weighted by Crippen LogP contribution is 2.35. The molecule has 1 heteroatoms. The van der Waals surface area contributed by atoms with Gasteiger partial charge < -0.3 is 5.32 Å². The van der Waals surface area contributed by atoms with E-state index in [0.29, 0.717) is 11.5 Å². The summed E-state index contributed by atoms with van der Waals surface area (Å²) >= 11 is 0. The van der Waals surface area contributed by atoms with Crippen molar-refractivity contribution in [3.05, 3.63) is 47.5 Å². The first kappa shape index (κ1) is 15.1. The molecule has 0 aliphatic heterocycles. The lowest BCUT2D eigenvalue weighted by molar-refractivity contribution is 0.314. The van der Waals surface area contributed by atoms with Gasteiger partial charge in [-0.05, 0) is 47.2 Å². The van der Waals surface area contributed by atoms with Crippen molar-refractivity contribution in [2.75, 3.05) is 6.54 Å². The van der Waals surface area contributed by atoms with E-state index in [1.54, 1.807) is 0 Å². The van der Waals surface area contributed by atoms with E-state index in [0.717, 1.165) is 13.0 Å². The molecule has 0 bridgehead atoms. The van der Waals surface area contributed by atoms with E-state index in [9.17, 15) is 0 Å². The van der Waals surface area contributed by atoms with E-state index in [2.05, 4.69) is 76.3 Å². The van der Waals surface area contributed by atoms with Gasteiger partial charge in [0.05, 0.1) is 0 Å². The molecule has 20 heavy (non-hydrogen) atoms. The highest BCUT2D eigenvalue weighted by atomic mass is 14.9. The van der Waals surface area contributed by atoms with Crippen LogP contribution in [0.15, 0.2) is 36.4 Å². The molecule has 2 aromatic carbocycles. The molecule has 0 aromatic heterocycles. The van der Waals surface area contributed by atoms with Gasteiger partial charge in [-0.15, -0.1) is 0 Å². The number of hydrogen-bond donors (Lipinski definition) is 1. The van der Waals surface area contributed by atoms with E-state index in [1.165, 1.54) is 21.9 Å². The molecule has 0 radical (unpaired) electrons. The zero-order valence-corrected chi connectivity index (χ0v) is 13.5. The SMILES string of the molecule is CCNC(CC(C)(C)C)c1c(C)ccc2ccccc12. The van der Waals surface area contributed by atoms with Crippen LogP contribution in [0, 0.1) is 12.3 Å². The molecule has 0 fully saturated rings. The van der Waals surface area contributed by atoms with Gasteiger partial charge in [0.25, 0.3) is 0 Å². The molecule has 1 atom stereocenters. The normalized spacial score (nSPS) is 13.7. The van der Waals surface area contributed by atoms with Crippen LogP contribution >= 0.6 is 0 Å². The van der Waals surface area contributed by atoms with E-state index in [1.807, 2.05) is 0 Å². The summed E-state index contributed by atoms with van der Waals surface area (Å²) in [4.78, 5) is 0. The molecular weight excluding hydrogens is 242 g/mol. The van der Waals surface area contributed by atoms with Crippen molar-refractivity contribution in [3.63, 3.8) is 0 Å². The topological polar surface area (TPSA) is 12.0 Å². The van der Waals surface area contributed by atoms with Crippen LogP contribution in [0.1, 0.15) is 51.3 Å². The molecule has 0 saturated heterocycles. The first-order valence-electron chi connectivity index (χ1n) is 7.64. The van der Waals surface area contributed by atoms with Crippen molar-refractivity contribution in [2.45, 2.75) is 47.1 Å². The minimum absolute atomic E-state index is 0.316. The Labute approximate surface area is 123 Å². The Bertz CT molecular complexity index is 578. The smallest absolute Gasteiger partial charge is 0.0333 e. The molecule has 0 saturated carbocycles. The van der Waals surface area contributed by atoms with Crippen LogP contribution in [0.5, 0.6) is 0 Å². The summed E-state index contributed by atoms with van der Waals surface area (Å²) in [5.74, 6) is 0. The molecule has 1 unspecified atom stereocenters. The Balaban J connectivity index is 2.54. The molecule has 0 aliphatic rings. The highest BCUT2D eigenvalue weighted by molar-refractivity contribution is 5.87. The fraction of sp³-hybridized carbons (Fsp3) is 0.474. The molecule has 108 valence electrons. The maximum absolute atomic E-state index is 3.69. The molecule has 1 nitrogen and oxygen atoms in total. The molecule has 0 spiro atoms. The van der Waals surface area contributed by atoms with Crippen LogP contribution in [0.2, 0.25) is 0 Å². The average molecular weight is 269 g/mol. The summed E-state index contributed by atoms with van der Waals surface area (Å²) in [6.07, 6.45) is 1.15. The van der Waals surface area contributed by atoms with Crippen LogP contribution in [-0.4, -0.2) is 6.54 Å². The van der Waals surface area contributed by atoms with Crippen molar-refractivity contribution in [1.82, 2.24) is 5.32 Å². The minimum atomic E-state index is 0.316. The van der Waals surface area contributed by atoms with Gasteiger partial charge in [0.15, 0.2) is 0 Å². The second-order valence-corrected chi connectivity index (χ2v) is 6.89. The molecule has 0 aliphatic carbocycles. The van der Waals surface area contributed by atoms with Gasteiger partial charge >= 0.3 is 0 Å². The highest BCUT2D eigenvalue weighted by Gasteiger charge is 2.22. The van der Waals surface area contributed by atoms with Gasteiger partial charge in [-0.1, -0.05) is 64.1 Å². The van der Waals surface area contributed by atoms with Gasteiger partial charge in [-0.2, -0.15) is 0 Å². The van der Waals surface area contributed by atoms with E-state index < -0.39 is 0 Å². The third-order valence-corrected chi connectivity index (χ3v) is 3.80. The Morgan fingerprint density at radius 1 is 1.05 bits per heavy atom. The summed E-state index contributed by atoms with van der Waals surface area (Å²) in [5, 5.41) is 6.42. The number of hydrogen-bond acceptors (Lipinski definition) is 1. The molecular formula is C19H27N. The lowest BCUT2D eigenvalue weighted by atomic mass is 9.82. The maximum Gasteiger partial charge on any atom is 0.0333 e. The van der Waals surface area contributed by atoms with Crippen molar-refractivity contribution in [3.8, 4) is 0 Å². The van der Waals surface area contributed by atoms with E-state index >= 15 is 0 Å². The van der Waals surface area contributed by atoms with Crippen molar-refractivity contribution in [2.24, 2.45) is 5.41 Å². The predicted molar refractivity (Wildman–Crippen MR) is 89.2 cm³/mol. The minimum Gasteiger partial charge on any atom is -0.310 e. The zero-order valence-electron chi connectivity index (χ0n) is 13.5. The van der Waals surface area contributed by atoms with Crippen LogP contribution in [-0.2, 0) is 0 Å². The van der Waals surface area contributed by atoms with E-state index in [4.69, 9.17) is 0 Å². The van der Waals surface area contributed by atoms with Gasteiger partial charge in [0, 0.05) is 6.04 Å². The lowest BCUT2D eigenvalue weighted by Crippen LogP contribution is -2.26. The summed E-state index contributed by atoms with van der Waals surface area (Å²) < 4.78 is 0. The Hall–Kier alpha value is -1.34. The fourth-order valence-corrected chi connectivity index (χ4v) is 3.00. The summed E-state index contributed by atoms with van der Waals surface area (Å²) in [6.45, 7) is 12.4. The van der Waals surface area contributed by atoms with Crippen molar-refractivity contribution < 1.29 is 0 Å². The lowest BCUT2D eigenvalue weighted by Gasteiger charge is -2.29. The quantitative estimate of drug-likeness (QED) is 0.801. The summed E-state index contributed by atoms with van der Waals surface area (Å²) in [5.41, 5.74) is 3.18. The van der Waals surface area contributed by atoms with Crippen LogP contribution in [0.25, 0.3) is 10.8 Å². The van der Waals surface area contributed by atoms with Gasteiger partial charge in [0.2, 0.25) is 0 Å². The van der Waals surface area contributed by atoms with Gasteiger partial charge in [0.1, 0.15) is 0 Å². The molecule has 2 rings (SSSR count). The number of aryl methyl sites for hydroxylation is 1. The Morgan fingerprint density at radius 3 is 2.40 bits per heavy atom. The monoisotopic (exact) mass is 269 g/mol. The van der Waals surface area contributed by atoms with E-state index in [-0.39, 0.29) is 0 Å². The number of fused-ring (bicyclic) bond motifs is 1. The van der Waals surface area contributed by atoms with Crippen LogP contribution < -0.4 is 5.32 Å². The fourth-order valence-electron chi connectivity index (χ4n) is 3.00. The Kier molecular flexibility index (Phi) is 4.49. The largest absolute Gasteiger partial charge is 0.310 e. The second kappa shape index (κ2) is 5.97. The number of benzene rings is 2. The first-order chi connectivity index (χ1) is 9.42. The predicted octanol–water partition coefficient (Wildman–Crippen LogP) is 5.24. The van der Waals surface area contributed by atoms with Crippen molar-refractivity contribution >= 4 is 10.8 Å². The van der Waals surface area contributed by atoms with Crippen molar-refractivity contribution in [1.29, 1.82) is 0 Å². The standard InChI is InChI=1S/C19H27N/c1-6-20-17(13-19(3,4)5)18-14(2)11-12-15-9-7-8-10-16(15)18/h7-12,17,20H,6,13H2,1-5H3. The zero-order chi connectivity index (χ0) is 14.8. The first-order valence-corrected chi connectivity index (χ1v) is 7.64. The molecule has 0 amide bonds. The second-order valence-electron chi connectivity index (χ2n) is 6.89. The van der Waals surface area contributed by atoms with Crippen LogP contribution in [0.4, 0.5) is 0 Å². The molecule has 0 heterocycles. The number of rotatable bonds is 4. The summed E-state index contributed by atoms with van der Waals surface area (Å²) in [6, 6.07) is 13.6. The molecule has 1 N–H and O–H groups in total. The van der Waals surface area contributed by atoms with Gasteiger partial charge in [-0.3, -0.25) is 0 Å². The maximum atomic E-state index is 3.69. The molecule has 2 aromatic rings. The Morgan fingerprint density at radius 2 is 1.75 bits per heavy atom. The van der Waals surface area contributed by atoms with Gasteiger partial charge in [-0.25, -0.2) is 0 Å². The van der Waals surface area contributed by atoms with Crippen LogP contribution in [0.3, 0.4) is 0 Å². The number of nitrogens with one attached hydrogen (secondary N) is 1.